The molecule has 0 radical (unpaired) electrons. The van der Waals surface area contributed by atoms with Gasteiger partial charge in [0, 0.05) is 11.0 Å². The molecule has 1 aromatic heterocycles. The minimum Gasteiger partial charge on any atom is -0.193 e. The van der Waals surface area contributed by atoms with Crippen LogP contribution in [0.4, 0.5) is 0 Å². The van der Waals surface area contributed by atoms with Crippen LogP contribution in [0.15, 0.2) is 22.0 Å². The molecule has 0 aliphatic carbocycles. The molecule has 0 aliphatic rings. The van der Waals surface area contributed by atoms with Gasteiger partial charge < -0.3 is 0 Å². The normalized spacial score (nSPS) is 10.0. The number of nitriles is 1. The Morgan fingerprint density at radius 1 is 1.60 bits per heavy atom. The zero-order valence-corrected chi connectivity index (χ0v) is 7.45. The van der Waals surface area contributed by atoms with E-state index >= 15 is 0 Å². The molecule has 1 nitrogen and oxygen atoms in total. The summed E-state index contributed by atoms with van der Waals surface area (Å²) in [5, 5.41) is 8.19. The lowest BCUT2D eigenvalue weighted by atomic mass is 10.4. The van der Waals surface area contributed by atoms with Gasteiger partial charge in [0.05, 0.1) is 9.86 Å². The molecule has 50 valence electrons. The molecule has 10 heavy (non-hydrogen) atoms. The van der Waals surface area contributed by atoms with E-state index in [0.717, 1.165) is 8.66 Å². The molecule has 1 aromatic rings. The van der Waals surface area contributed by atoms with Crippen molar-refractivity contribution in [2.75, 3.05) is 0 Å². The SMILES string of the molecule is N#C/C=C\c1ccc(Br)s1. The topological polar surface area (TPSA) is 23.8 Å². The van der Waals surface area contributed by atoms with Gasteiger partial charge in [-0.1, -0.05) is 0 Å². The van der Waals surface area contributed by atoms with Crippen molar-refractivity contribution in [1.82, 2.24) is 0 Å². The van der Waals surface area contributed by atoms with Gasteiger partial charge in [-0.3, -0.25) is 0 Å². The summed E-state index contributed by atoms with van der Waals surface area (Å²) in [4.78, 5) is 1.09. The van der Waals surface area contributed by atoms with Gasteiger partial charge in [-0.05, 0) is 34.1 Å². The molecule has 0 saturated heterocycles. The third kappa shape index (κ3) is 1.98. The Kier molecular flexibility index (Phi) is 2.67. The zero-order valence-electron chi connectivity index (χ0n) is 5.04. The van der Waals surface area contributed by atoms with E-state index in [1.807, 2.05) is 18.2 Å². The Bertz CT molecular complexity index is 282. The molecule has 0 spiro atoms. The van der Waals surface area contributed by atoms with Crippen LogP contribution in [0.25, 0.3) is 6.08 Å². The van der Waals surface area contributed by atoms with Gasteiger partial charge in [-0.25, -0.2) is 0 Å². The summed E-state index contributed by atoms with van der Waals surface area (Å²) < 4.78 is 1.09. The van der Waals surface area contributed by atoms with Crippen molar-refractivity contribution in [2.45, 2.75) is 0 Å². The quantitative estimate of drug-likeness (QED) is 0.659. The Labute approximate surface area is 71.7 Å². The second-order valence-corrected chi connectivity index (χ2v) is 4.10. The van der Waals surface area contributed by atoms with E-state index < -0.39 is 0 Å². The summed E-state index contributed by atoms with van der Waals surface area (Å²) in [5.74, 6) is 0. The summed E-state index contributed by atoms with van der Waals surface area (Å²) in [6, 6.07) is 5.86. The largest absolute Gasteiger partial charge is 0.193 e. The highest BCUT2D eigenvalue weighted by atomic mass is 79.9. The predicted octanol–water partition coefficient (Wildman–Crippen LogP) is 3.05. The second kappa shape index (κ2) is 3.55. The molecule has 0 amide bonds. The van der Waals surface area contributed by atoms with E-state index in [2.05, 4.69) is 15.9 Å². The van der Waals surface area contributed by atoms with Crippen molar-refractivity contribution in [2.24, 2.45) is 0 Å². The van der Waals surface area contributed by atoms with Crippen LogP contribution >= 0.6 is 27.3 Å². The first-order valence-corrected chi connectivity index (χ1v) is 4.25. The van der Waals surface area contributed by atoms with Crippen LogP contribution in [0.1, 0.15) is 4.88 Å². The fourth-order valence-corrected chi connectivity index (χ4v) is 1.86. The number of halogens is 1. The minimum atomic E-state index is 1.09. The van der Waals surface area contributed by atoms with Crippen LogP contribution in [0, 0.1) is 11.3 Å². The smallest absolute Gasteiger partial charge is 0.0912 e. The van der Waals surface area contributed by atoms with Crippen molar-refractivity contribution in [1.29, 1.82) is 5.26 Å². The Morgan fingerprint density at radius 3 is 2.90 bits per heavy atom. The first kappa shape index (κ1) is 7.52. The molecule has 1 rings (SSSR count). The van der Waals surface area contributed by atoms with Gasteiger partial charge in [0.15, 0.2) is 0 Å². The fourth-order valence-electron chi connectivity index (χ4n) is 0.537. The van der Waals surface area contributed by atoms with Gasteiger partial charge in [0.25, 0.3) is 0 Å². The van der Waals surface area contributed by atoms with Crippen LogP contribution in [0.2, 0.25) is 0 Å². The standard InChI is InChI=1S/C7H4BrNS/c8-7-4-3-6(10-7)2-1-5-9/h1-4H/b2-1-. The number of hydrogen-bond acceptors (Lipinski definition) is 2. The summed E-state index contributed by atoms with van der Waals surface area (Å²) in [6.07, 6.45) is 3.26. The van der Waals surface area contributed by atoms with Crippen LogP contribution < -0.4 is 0 Å². The molecule has 1 heterocycles. The second-order valence-electron chi connectivity index (χ2n) is 1.60. The third-order valence-electron chi connectivity index (χ3n) is 0.916. The molecule has 3 heteroatoms. The molecule has 0 bridgehead atoms. The van der Waals surface area contributed by atoms with Crippen molar-refractivity contribution in [3.8, 4) is 6.07 Å². The average Bonchev–Trinajstić information content (AvgIpc) is 2.31. The van der Waals surface area contributed by atoms with E-state index in [4.69, 9.17) is 5.26 Å². The first-order valence-electron chi connectivity index (χ1n) is 2.64. The van der Waals surface area contributed by atoms with Crippen molar-refractivity contribution in [3.05, 3.63) is 26.9 Å². The molecule has 0 atom stereocenters. The molecule has 0 saturated carbocycles. The Hall–Kier alpha value is -0.590. The van der Waals surface area contributed by atoms with Gasteiger partial charge in [0.1, 0.15) is 0 Å². The number of thiophene rings is 1. The van der Waals surface area contributed by atoms with E-state index in [0.29, 0.717) is 0 Å². The summed E-state index contributed by atoms with van der Waals surface area (Å²) in [7, 11) is 0. The van der Waals surface area contributed by atoms with Crippen LogP contribution in [0.3, 0.4) is 0 Å². The molecular formula is C7H4BrNS. The fraction of sp³-hybridized carbons (Fsp3) is 0. The molecular weight excluding hydrogens is 210 g/mol. The van der Waals surface area contributed by atoms with Crippen molar-refractivity contribution < 1.29 is 0 Å². The van der Waals surface area contributed by atoms with E-state index in [1.54, 1.807) is 17.4 Å². The zero-order chi connectivity index (χ0) is 7.40. The van der Waals surface area contributed by atoms with Gasteiger partial charge in [0.2, 0.25) is 0 Å². The molecule has 0 aliphatic heterocycles. The summed E-state index contributed by atoms with van der Waals surface area (Å²) in [5.41, 5.74) is 0. The van der Waals surface area contributed by atoms with E-state index in [1.165, 1.54) is 6.08 Å². The maximum atomic E-state index is 8.19. The molecule has 0 N–H and O–H groups in total. The van der Waals surface area contributed by atoms with Crippen molar-refractivity contribution in [3.63, 3.8) is 0 Å². The molecule has 0 aromatic carbocycles. The van der Waals surface area contributed by atoms with Crippen molar-refractivity contribution >= 4 is 33.3 Å². The monoisotopic (exact) mass is 213 g/mol. The van der Waals surface area contributed by atoms with Gasteiger partial charge in [-0.2, -0.15) is 5.26 Å². The lowest BCUT2D eigenvalue weighted by molar-refractivity contribution is 1.54. The Morgan fingerprint density at radius 2 is 2.40 bits per heavy atom. The molecule has 0 fully saturated rings. The van der Waals surface area contributed by atoms with Gasteiger partial charge >= 0.3 is 0 Å². The van der Waals surface area contributed by atoms with Crippen LogP contribution in [0.5, 0.6) is 0 Å². The van der Waals surface area contributed by atoms with E-state index in [9.17, 15) is 0 Å². The lowest BCUT2D eigenvalue weighted by Crippen LogP contribution is -1.52. The highest BCUT2D eigenvalue weighted by Crippen LogP contribution is 2.22. The van der Waals surface area contributed by atoms with Crippen LogP contribution in [-0.2, 0) is 0 Å². The van der Waals surface area contributed by atoms with E-state index in [-0.39, 0.29) is 0 Å². The molecule has 0 unspecified atom stereocenters. The maximum Gasteiger partial charge on any atom is 0.0912 e. The lowest BCUT2D eigenvalue weighted by Gasteiger charge is -1.75. The number of allylic oxidation sites excluding steroid dienone is 1. The Balaban J connectivity index is 2.78. The number of hydrogen-bond donors (Lipinski definition) is 0. The summed E-state index contributed by atoms with van der Waals surface area (Å²) >= 11 is 4.93. The summed E-state index contributed by atoms with van der Waals surface area (Å²) in [6.45, 7) is 0. The first-order chi connectivity index (χ1) is 4.83. The predicted molar refractivity (Wildman–Crippen MR) is 46.7 cm³/mol. The van der Waals surface area contributed by atoms with Crippen LogP contribution in [-0.4, -0.2) is 0 Å². The number of nitrogens with zero attached hydrogens (tertiary/aromatic N) is 1. The minimum absolute atomic E-state index is 1.09. The highest BCUT2D eigenvalue weighted by molar-refractivity contribution is 9.11. The average molecular weight is 214 g/mol. The number of rotatable bonds is 1. The highest BCUT2D eigenvalue weighted by Gasteiger charge is 1.90. The van der Waals surface area contributed by atoms with Gasteiger partial charge in [-0.15, -0.1) is 11.3 Å². The maximum absolute atomic E-state index is 8.19. The third-order valence-corrected chi connectivity index (χ3v) is 2.51.